The molecule has 1 aromatic carbocycles. The van der Waals surface area contributed by atoms with Crippen LogP contribution in [0.25, 0.3) is 0 Å². The van der Waals surface area contributed by atoms with Crippen LogP contribution in [0.3, 0.4) is 0 Å². The number of aliphatic hydroxyl groups is 1. The van der Waals surface area contributed by atoms with Gasteiger partial charge in [0, 0.05) is 13.0 Å². The number of likely N-dealkylation sites (tertiary alicyclic amines) is 1. The van der Waals surface area contributed by atoms with Gasteiger partial charge in [0.2, 0.25) is 0 Å². The van der Waals surface area contributed by atoms with E-state index in [9.17, 15) is 19.5 Å². The van der Waals surface area contributed by atoms with Gasteiger partial charge in [0.1, 0.15) is 12.7 Å². The highest BCUT2D eigenvalue weighted by atomic mass is 16.6. The smallest absolute Gasteiger partial charge is 0.407 e. The minimum atomic E-state index is -0.662. The molecule has 0 aliphatic carbocycles. The van der Waals surface area contributed by atoms with Crippen molar-refractivity contribution in [3.63, 3.8) is 0 Å². The van der Waals surface area contributed by atoms with Crippen LogP contribution in [0.15, 0.2) is 30.9 Å². The fourth-order valence-corrected chi connectivity index (χ4v) is 4.12. The summed E-state index contributed by atoms with van der Waals surface area (Å²) in [5.41, 5.74) is 0.311. The number of aliphatic hydroxyl groups excluding tert-OH is 1. The number of hydrogen-bond donors (Lipinski definition) is 2. The maximum absolute atomic E-state index is 13.4. The van der Waals surface area contributed by atoms with Crippen LogP contribution in [0.4, 0.5) is 4.79 Å². The maximum atomic E-state index is 13.4. The summed E-state index contributed by atoms with van der Waals surface area (Å²) >= 11 is 0. The fourth-order valence-electron chi connectivity index (χ4n) is 4.12. The number of carbonyl (C=O) groups excluding carboxylic acids is 3. The molecule has 36 heavy (non-hydrogen) atoms. The van der Waals surface area contributed by atoms with E-state index in [-0.39, 0.29) is 56.3 Å². The molecule has 0 spiro atoms. The first kappa shape index (κ1) is 29.0. The van der Waals surface area contributed by atoms with Crippen molar-refractivity contribution in [2.45, 2.75) is 64.1 Å². The molecule has 3 unspecified atom stereocenters. The Morgan fingerprint density at radius 1 is 1.28 bits per heavy atom. The quantitative estimate of drug-likeness (QED) is 0.309. The van der Waals surface area contributed by atoms with E-state index < -0.39 is 18.2 Å². The number of para-hydroxylation sites is 1. The van der Waals surface area contributed by atoms with Crippen molar-refractivity contribution in [2.75, 3.05) is 33.5 Å². The normalized spacial score (nSPS) is 16.9. The van der Waals surface area contributed by atoms with Gasteiger partial charge in [-0.2, -0.15) is 0 Å². The van der Waals surface area contributed by atoms with Crippen LogP contribution in [-0.4, -0.2) is 79.6 Å². The van der Waals surface area contributed by atoms with Crippen molar-refractivity contribution in [3.8, 4) is 11.5 Å². The van der Waals surface area contributed by atoms with E-state index in [0.29, 0.717) is 17.9 Å². The van der Waals surface area contributed by atoms with E-state index in [4.69, 9.17) is 18.9 Å². The van der Waals surface area contributed by atoms with E-state index >= 15 is 0 Å². The summed E-state index contributed by atoms with van der Waals surface area (Å²) in [5, 5.41) is 12.4. The summed E-state index contributed by atoms with van der Waals surface area (Å²) in [6.45, 7) is 7.72. The molecule has 0 aromatic heterocycles. The van der Waals surface area contributed by atoms with Crippen LogP contribution < -0.4 is 14.8 Å². The number of amides is 2. The van der Waals surface area contributed by atoms with Gasteiger partial charge in [-0.05, 0) is 51.7 Å². The van der Waals surface area contributed by atoms with Gasteiger partial charge < -0.3 is 34.3 Å². The predicted molar refractivity (Wildman–Crippen MR) is 133 cm³/mol. The molecule has 1 aliphatic rings. The summed E-state index contributed by atoms with van der Waals surface area (Å²) in [6, 6.07) is 4.20. The zero-order chi connectivity index (χ0) is 26.5. The Balaban J connectivity index is 2.28. The Labute approximate surface area is 212 Å². The number of piperidine rings is 1. The van der Waals surface area contributed by atoms with Gasteiger partial charge in [-0.3, -0.25) is 9.59 Å². The lowest BCUT2D eigenvalue weighted by molar-refractivity contribution is -0.143. The average molecular weight is 507 g/mol. The number of rotatable bonds is 13. The molecule has 1 aliphatic heterocycles. The van der Waals surface area contributed by atoms with Gasteiger partial charge in [-0.25, -0.2) is 4.79 Å². The molecule has 2 amide bonds. The van der Waals surface area contributed by atoms with Gasteiger partial charge in [0.05, 0.1) is 38.0 Å². The molecular weight excluding hydrogens is 468 g/mol. The van der Waals surface area contributed by atoms with Crippen LogP contribution in [0.1, 0.15) is 56.3 Å². The predicted octanol–water partition coefficient (Wildman–Crippen LogP) is 3.07. The zero-order valence-electron chi connectivity index (χ0n) is 21.4. The van der Waals surface area contributed by atoms with Crippen molar-refractivity contribution in [1.82, 2.24) is 10.2 Å². The van der Waals surface area contributed by atoms with E-state index in [1.807, 2.05) is 0 Å². The molecule has 0 saturated carbocycles. The second-order valence-electron chi connectivity index (χ2n) is 8.49. The number of carbonyl (C=O) groups is 3. The van der Waals surface area contributed by atoms with Gasteiger partial charge in [-0.15, -0.1) is 0 Å². The molecular formula is C26H38N2O8. The third kappa shape index (κ3) is 8.15. The van der Waals surface area contributed by atoms with Gasteiger partial charge in [0.25, 0.3) is 5.91 Å². The number of nitrogens with zero attached hydrogens (tertiary/aromatic N) is 1. The summed E-state index contributed by atoms with van der Waals surface area (Å²) in [6.07, 6.45) is 3.01. The van der Waals surface area contributed by atoms with Crippen molar-refractivity contribution < 1.29 is 38.4 Å². The highest BCUT2D eigenvalue weighted by molar-refractivity contribution is 5.98. The Kier molecular flexibility index (Phi) is 12.0. The number of ether oxygens (including phenoxy) is 4. The molecule has 2 N–H and O–H groups in total. The number of nitrogens with one attached hydrogen (secondary N) is 1. The SMILES string of the molecule is C=CCOC(=O)NC(C)C(CCC(=O)OCC)Oc1cccc(C(=O)N2CCCCC2CO)c1OC. The number of alkyl carbamates (subject to hydrolysis) is 1. The minimum absolute atomic E-state index is 0.0518. The Hall–Kier alpha value is -3.27. The first-order valence-electron chi connectivity index (χ1n) is 12.3. The second kappa shape index (κ2) is 15.0. The highest BCUT2D eigenvalue weighted by Crippen LogP contribution is 2.34. The molecule has 0 radical (unpaired) electrons. The largest absolute Gasteiger partial charge is 0.492 e. The molecule has 3 atom stereocenters. The summed E-state index contributed by atoms with van der Waals surface area (Å²) in [5.74, 6) is -0.0999. The van der Waals surface area contributed by atoms with Crippen LogP contribution in [0, 0.1) is 0 Å². The average Bonchev–Trinajstić information content (AvgIpc) is 2.89. The Morgan fingerprint density at radius 2 is 2.06 bits per heavy atom. The first-order chi connectivity index (χ1) is 17.4. The summed E-state index contributed by atoms with van der Waals surface area (Å²) in [4.78, 5) is 39.1. The molecule has 0 bridgehead atoms. The van der Waals surface area contributed by atoms with Gasteiger partial charge in [-0.1, -0.05) is 18.7 Å². The monoisotopic (exact) mass is 506 g/mol. The number of methoxy groups -OCH3 is 1. The molecule has 1 fully saturated rings. The van der Waals surface area contributed by atoms with E-state index in [1.54, 1.807) is 36.9 Å². The van der Waals surface area contributed by atoms with Crippen LogP contribution >= 0.6 is 0 Å². The highest BCUT2D eigenvalue weighted by Gasteiger charge is 2.31. The number of esters is 1. The van der Waals surface area contributed by atoms with Crippen molar-refractivity contribution in [2.24, 2.45) is 0 Å². The minimum Gasteiger partial charge on any atom is -0.492 e. The molecule has 1 heterocycles. The third-order valence-corrected chi connectivity index (χ3v) is 5.96. The zero-order valence-corrected chi connectivity index (χ0v) is 21.4. The molecule has 1 aromatic rings. The van der Waals surface area contributed by atoms with E-state index in [0.717, 1.165) is 19.3 Å². The van der Waals surface area contributed by atoms with Gasteiger partial charge >= 0.3 is 12.1 Å². The van der Waals surface area contributed by atoms with Crippen LogP contribution in [-0.2, 0) is 14.3 Å². The summed E-state index contributed by atoms with van der Waals surface area (Å²) < 4.78 is 21.8. The summed E-state index contributed by atoms with van der Waals surface area (Å²) in [7, 11) is 1.45. The van der Waals surface area contributed by atoms with Crippen molar-refractivity contribution in [1.29, 1.82) is 0 Å². The van der Waals surface area contributed by atoms with E-state index in [2.05, 4.69) is 11.9 Å². The van der Waals surface area contributed by atoms with Crippen molar-refractivity contribution in [3.05, 3.63) is 36.4 Å². The van der Waals surface area contributed by atoms with E-state index in [1.165, 1.54) is 13.2 Å². The molecule has 10 heteroatoms. The van der Waals surface area contributed by atoms with Crippen LogP contribution in [0.2, 0.25) is 0 Å². The molecule has 200 valence electrons. The Morgan fingerprint density at radius 3 is 2.72 bits per heavy atom. The van der Waals surface area contributed by atoms with Crippen molar-refractivity contribution >= 4 is 18.0 Å². The Bertz CT molecular complexity index is 891. The fraction of sp³-hybridized carbons (Fsp3) is 0.577. The topological polar surface area (TPSA) is 124 Å². The lowest BCUT2D eigenvalue weighted by Crippen LogP contribution is -2.46. The molecule has 1 saturated heterocycles. The molecule has 10 nitrogen and oxygen atoms in total. The lowest BCUT2D eigenvalue weighted by Gasteiger charge is -2.35. The number of benzene rings is 1. The van der Waals surface area contributed by atoms with Crippen LogP contribution in [0.5, 0.6) is 11.5 Å². The lowest BCUT2D eigenvalue weighted by atomic mass is 10.0. The number of hydrogen-bond acceptors (Lipinski definition) is 8. The first-order valence-corrected chi connectivity index (χ1v) is 12.3. The molecule has 2 rings (SSSR count). The van der Waals surface area contributed by atoms with Gasteiger partial charge in [0.15, 0.2) is 11.5 Å². The third-order valence-electron chi connectivity index (χ3n) is 5.96. The standard InChI is InChI=1S/C26H38N2O8/c1-5-16-35-26(32)27-18(3)21(13-14-23(30)34-6-2)36-22-12-9-11-20(24(22)33-4)25(31)28-15-8-7-10-19(28)17-29/h5,9,11-12,18-19,21,29H,1,6-8,10,13-17H2,2-4H3,(H,27,32). The second-order valence-corrected chi connectivity index (χ2v) is 8.49. The maximum Gasteiger partial charge on any atom is 0.407 e.